The first kappa shape index (κ1) is 20.5. The fourth-order valence-corrected chi connectivity index (χ4v) is 5.12. The average Bonchev–Trinajstić information content (AvgIpc) is 3.06. The number of aromatic nitrogens is 2. The zero-order chi connectivity index (χ0) is 20.3. The number of fused-ring (bicyclic) bond motifs is 3. The van der Waals surface area contributed by atoms with E-state index in [1.54, 1.807) is 16.8 Å². The maximum absolute atomic E-state index is 9.10. The van der Waals surface area contributed by atoms with Crippen LogP contribution in [0.5, 0.6) is 0 Å². The highest BCUT2D eigenvalue weighted by molar-refractivity contribution is 7.19. The van der Waals surface area contributed by atoms with E-state index in [0.717, 1.165) is 38.6 Å². The molecule has 0 aromatic carbocycles. The van der Waals surface area contributed by atoms with Crippen LogP contribution in [0.15, 0.2) is 6.33 Å². The Morgan fingerprint density at radius 1 is 1.18 bits per heavy atom. The Hall–Kier alpha value is -2.26. The van der Waals surface area contributed by atoms with Crippen LogP contribution in [0.25, 0.3) is 10.2 Å². The number of aliphatic carboxylic acids is 2. The van der Waals surface area contributed by atoms with Crippen molar-refractivity contribution >= 4 is 39.3 Å². The summed E-state index contributed by atoms with van der Waals surface area (Å²) in [4.78, 5) is 35.2. The second-order valence-electron chi connectivity index (χ2n) is 7.26. The Morgan fingerprint density at radius 2 is 1.86 bits per heavy atom. The van der Waals surface area contributed by atoms with Gasteiger partial charge in [-0.05, 0) is 37.3 Å². The predicted molar refractivity (Wildman–Crippen MR) is 108 cm³/mol. The van der Waals surface area contributed by atoms with Crippen molar-refractivity contribution in [2.75, 3.05) is 37.6 Å². The molecule has 1 saturated heterocycles. The van der Waals surface area contributed by atoms with Gasteiger partial charge in [0.15, 0.2) is 0 Å². The highest BCUT2D eigenvalue weighted by atomic mass is 32.1. The number of carboxylic acid groups (broad SMARTS) is 2. The van der Waals surface area contributed by atoms with Crippen LogP contribution in [0.1, 0.15) is 30.7 Å². The molecule has 0 radical (unpaired) electrons. The summed E-state index contributed by atoms with van der Waals surface area (Å²) in [5.41, 5.74) is 1.55. The highest BCUT2D eigenvalue weighted by Crippen LogP contribution is 2.40. The minimum Gasteiger partial charge on any atom is -0.473 e. The molecule has 3 heterocycles. The van der Waals surface area contributed by atoms with Gasteiger partial charge in [-0.2, -0.15) is 0 Å². The molecular formula is C19H26N4O4S. The molecule has 1 aliphatic heterocycles. The van der Waals surface area contributed by atoms with Gasteiger partial charge >= 0.3 is 11.9 Å². The molecule has 2 N–H and O–H groups in total. The van der Waals surface area contributed by atoms with Crippen molar-refractivity contribution in [3.63, 3.8) is 0 Å². The van der Waals surface area contributed by atoms with Gasteiger partial charge in [-0.3, -0.25) is 0 Å². The molecule has 0 saturated carbocycles. The van der Waals surface area contributed by atoms with E-state index in [0.29, 0.717) is 0 Å². The zero-order valence-electron chi connectivity index (χ0n) is 16.2. The molecule has 1 atom stereocenters. The normalized spacial score (nSPS) is 19.6. The second-order valence-corrected chi connectivity index (χ2v) is 8.34. The Labute approximate surface area is 167 Å². The summed E-state index contributed by atoms with van der Waals surface area (Å²) in [7, 11) is 0. The lowest BCUT2D eigenvalue weighted by Gasteiger charge is -2.35. The number of hydrogen-bond acceptors (Lipinski definition) is 7. The van der Waals surface area contributed by atoms with Crippen molar-refractivity contribution in [3.05, 3.63) is 16.8 Å². The Kier molecular flexibility index (Phi) is 6.46. The number of rotatable bonds is 2. The largest absolute Gasteiger partial charge is 0.473 e. The molecule has 28 heavy (non-hydrogen) atoms. The molecule has 2 aromatic heterocycles. The van der Waals surface area contributed by atoms with Crippen LogP contribution in [-0.4, -0.2) is 69.7 Å². The van der Waals surface area contributed by atoms with Gasteiger partial charge in [-0.1, -0.05) is 13.8 Å². The van der Waals surface area contributed by atoms with Crippen LogP contribution >= 0.6 is 11.3 Å². The molecule has 0 spiro atoms. The minimum absolute atomic E-state index is 0.810. The number of hydrogen-bond donors (Lipinski definition) is 2. The second kappa shape index (κ2) is 8.83. The van der Waals surface area contributed by atoms with E-state index in [4.69, 9.17) is 19.8 Å². The maximum Gasteiger partial charge on any atom is 0.414 e. The average molecular weight is 407 g/mol. The van der Waals surface area contributed by atoms with E-state index in [1.807, 2.05) is 11.3 Å². The van der Waals surface area contributed by atoms with E-state index in [1.165, 1.54) is 35.3 Å². The summed E-state index contributed by atoms with van der Waals surface area (Å²) >= 11 is 1.90. The van der Waals surface area contributed by atoms with Gasteiger partial charge in [0, 0.05) is 31.1 Å². The van der Waals surface area contributed by atoms with Crippen LogP contribution in [-0.2, 0) is 22.4 Å². The molecule has 1 fully saturated rings. The van der Waals surface area contributed by atoms with Crippen molar-refractivity contribution in [2.24, 2.45) is 5.92 Å². The minimum atomic E-state index is -1.82. The summed E-state index contributed by atoms with van der Waals surface area (Å²) in [6, 6.07) is 0. The first-order valence-corrected chi connectivity index (χ1v) is 10.4. The molecular weight excluding hydrogens is 380 g/mol. The number of thiophene rings is 1. The number of anilines is 1. The van der Waals surface area contributed by atoms with Crippen LogP contribution in [0.4, 0.5) is 5.82 Å². The summed E-state index contributed by atoms with van der Waals surface area (Å²) < 4.78 is 0. The topological polar surface area (TPSA) is 107 Å². The fourth-order valence-electron chi connectivity index (χ4n) is 3.77. The molecule has 1 aliphatic carbocycles. The predicted octanol–water partition coefficient (Wildman–Crippen LogP) is 2.11. The SMILES string of the molecule is CCN1CCN(c2ncnc3sc4c(c23)CCC(C)C4)CC1.O=C(O)C(=O)O. The van der Waals surface area contributed by atoms with Crippen molar-refractivity contribution < 1.29 is 19.8 Å². The lowest BCUT2D eigenvalue weighted by molar-refractivity contribution is -0.159. The van der Waals surface area contributed by atoms with E-state index in [2.05, 4.69) is 33.6 Å². The molecule has 1 unspecified atom stereocenters. The Bertz CT molecular complexity index is 849. The molecule has 9 heteroatoms. The molecule has 0 bridgehead atoms. The smallest absolute Gasteiger partial charge is 0.414 e. The van der Waals surface area contributed by atoms with Gasteiger partial charge < -0.3 is 20.0 Å². The van der Waals surface area contributed by atoms with Crippen molar-refractivity contribution in [2.45, 2.75) is 33.1 Å². The van der Waals surface area contributed by atoms with E-state index >= 15 is 0 Å². The van der Waals surface area contributed by atoms with Crippen molar-refractivity contribution in [1.29, 1.82) is 0 Å². The van der Waals surface area contributed by atoms with Gasteiger partial charge in [0.25, 0.3) is 0 Å². The molecule has 2 aromatic rings. The first-order chi connectivity index (χ1) is 13.4. The standard InChI is InChI=1S/C17H24N4S.C2H2O4/c1-3-20-6-8-21(9-7-20)16-15-13-5-4-12(2)10-14(13)22-17(15)19-11-18-16;3-1(4)2(5)6/h11-12H,3-10H2,1-2H3;(H,3,4)(H,5,6). The molecule has 0 amide bonds. The molecule has 4 rings (SSSR count). The lowest BCUT2D eigenvalue weighted by Crippen LogP contribution is -2.46. The maximum atomic E-state index is 9.10. The number of likely N-dealkylation sites (N-methyl/N-ethyl adjacent to an activating group) is 1. The van der Waals surface area contributed by atoms with Crippen molar-refractivity contribution in [3.8, 4) is 0 Å². The zero-order valence-corrected chi connectivity index (χ0v) is 17.0. The molecule has 8 nitrogen and oxygen atoms in total. The lowest BCUT2D eigenvalue weighted by atomic mass is 9.89. The van der Waals surface area contributed by atoms with E-state index in [-0.39, 0.29) is 0 Å². The number of piperazine rings is 1. The van der Waals surface area contributed by atoms with E-state index in [9.17, 15) is 0 Å². The Balaban J connectivity index is 0.000000330. The van der Waals surface area contributed by atoms with E-state index < -0.39 is 11.9 Å². The van der Waals surface area contributed by atoms with Crippen LogP contribution in [0, 0.1) is 5.92 Å². The summed E-state index contributed by atoms with van der Waals surface area (Å²) in [6.45, 7) is 10.2. The first-order valence-electron chi connectivity index (χ1n) is 9.59. The molecule has 2 aliphatic rings. The summed E-state index contributed by atoms with van der Waals surface area (Å²) in [6.07, 6.45) is 5.48. The van der Waals surface area contributed by atoms with Crippen LogP contribution in [0.2, 0.25) is 0 Å². The van der Waals surface area contributed by atoms with Crippen LogP contribution < -0.4 is 4.90 Å². The summed E-state index contributed by atoms with van der Waals surface area (Å²) in [5.74, 6) is -1.65. The van der Waals surface area contributed by atoms with Gasteiger partial charge in [-0.15, -0.1) is 11.3 Å². The van der Waals surface area contributed by atoms with Gasteiger partial charge in [0.2, 0.25) is 0 Å². The third-order valence-corrected chi connectivity index (χ3v) is 6.54. The summed E-state index contributed by atoms with van der Waals surface area (Å²) in [5, 5.41) is 16.1. The number of aryl methyl sites for hydroxylation is 1. The Morgan fingerprint density at radius 3 is 2.46 bits per heavy atom. The number of carbonyl (C=O) groups is 2. The highest BCUT2D eigenvalue weighted by Gasteiger charge is 2.26. The van der Waals surface area contributed by atoms with Gasteiger partial charge in [0.05, 0.1) is 5.39 Å². The van der Waals surface area contributed by atoms with Crippen molar-refractivity contribution in [1.82, 2.24) is 14.9 Å². The quantitative estimate of drug-likeness (QED) is 0.731. The fraction of sp³-hybridized carbons (Fsp3) is 0.579. The third kappa shape index (κ3) is 4.41. The van der Waals surface area contributed by atoms with Gasteiger partial charge in [0.1, 0.15) is 17.0 Å². The number of carboxylic acids is 2. The van der Waals surface area contributed by atoms with Crippen LogP contribution in [0.3, 0.4) is 0 Å². The molecule has 152 valence electrons. The third-order valence-electron chi connectivity index (χ3n) is 5.37. The monoisotopic (exact) mass is 406 g/mol. The number of nitrogens with zero attached hydrogens (tertiary/aromatic N) is 4. The van der Waals surface area contributed by atoms with Gasteiger partial charge in [-0.25, -0.2) is 19.6 Å².